The van der Waals surface area contributed by atoms with Crippen LogP contribution in [0, 0.1) is 0 Å². The van der Waals surface area contributed by atoms with Crippen molar-refractivity contribution >= 4 is 34.0 Å². The van der Waals surface area contributed by atoms with Gasteiger partial charge in [0, 0.05) is 23.2 Å². The zero-order chi connectivity index (χ0) is 19.6. The maximum absolute atomic E-state index is 8.63. The Labute approximate surface area is 164 Å². The summed E-state index contributed by atoms with van der Waals surface area (Å²) >= 11 is 0. The zero-order valence-corrected chi connectivity index (χ0v) is 15.4. The minimum absolute atomic E-state index is 0.0623. The van der Waals surface area contributed by atoms with Crippen molar-refractivity contribution in [1.82, 2.24) is 9.97 Å². The maximum atomic E-state index is 8.63. The Morgan fingerprint density at radius 1 is 0.643 bits per heavy atom. The standard InChI is InChI=1S/2C12H11NO/c2*14-7-3-4-10-8-11-5-1-2-6-12(11)13-9-10/h2*1-6,8-9,14H,7H2/b2*4-3+. The fourth-order valence-electron chi connectivity index (χ4n) is 2.74. The van der Waals surface area contributed by atoms with Gasteiger partial charge in [-0.25, -0.2) is 0 Å². The van der Waals surface area contributed by atoms with Crippen molar-refractivity contribution in [2.24, 2.45) is 0 Å². The molecule has 0 aliphatic heterocycles. The van der Waals surface area contributed by atoms with Crippen molar-refractivity contribution in [1.29, 1.82) is 0 Å². The smallest absolute Gasteiger partial charge is 0.0702 e. The van der Waals surface area contributed by atoms with E-state index in [4.69, 9.17) is 10.2 Å². The van der Waals surface area contributed by atoms with E-state index < -0.39 is 0 Å². The molecule has 0 unspecified atom stereocenters. The zero-order valence-electron chi connectivity index (χ0n) is 15.4. The van der Waals surface area contributed by atoms with E-state index in [-0.39, 0.29) is 13.2 Å². The summed E-state index contributed by atoms with van der Waals surface area (Å²) in [6, 6.07) is 20.0. The molecule has 2 aromatic heterocycles. The molecule has 4 nitrogen and oxygen atoms in total. The summed E-state index contributed by atoms with van der Waals surface area (Å²) in [5.41, 5.74) is 4.01. The van der Waals surface area contributed by atoms with Gasteiger partial charge in [0.1, 0.15) is 0 Å². The average molecular weight is 370 g/mol. The van der Waals surface area contributed by atoms with E-state index >= 15 is 0 Å². The highest BCUT2D eigenvalue weighted by Gasteiger charge is 1.94. The van der Waals surface area contributed by atoms with Gasteiger partial charge in [0.25, 0.3) is 0 Å². The molecule has 2 N–H and O–H groups in total. The van der Waals surface area contributed by atoms with E-state index in [0.717, 1.165) is 32.9 Å². The van der Waals surface area contributed by atoms with Gasteiger partial charge >= 0.3 is 0 Å². The first-order valence-electron chi connectivity index (χ1n) is 9.04. The highest BCUT2D eigenvalue weighted by molar-refractivity contribution is 5.81. The summed E-state index contributed by atoms with van der Waals surface area (Å²) in [5.74, 6) is 0. The molecule has 140 valence electrons. The molecule has 0 atom stereocenters. The van der Waals surface area contributed by atoms with Crippen molar-refractivity contribution in [3.8, 4) is 0 Å². The van der Waals surface area contributed by atoms with E-state index in [2.05, 4.69) is 22.1 Å². The molecule has 0 fully saturated rings. The first-order valence-corrected chi connectivity index (χ1v) is 9.04. The van der Waals surface area contributed by atoms with Crippen molar-refractivity contribution in [3.05, 3.63) is 96.3 Å². The average Bonchev–Trinajstić information content (AvgIpc) is 2.76. The number of rotatable bonds is 4. The first kappa shape index (κ1) is 19.4. The second-order valence-electron chi connectivity index (χ2n) is 6.09. The number of nitrogens with zero attached hydrogens (tertiary/aromatic N) is 2. The quantitative estimate of drug-likeness (QED) is 0.556. The van der Waals surface area contributed by atoms with Gasteiger partial charge in [-0.2, -0.15) is 0 Å². The fraction of sp³-hybridized carbons (Fsp3) is 0.0833. The summed E-state index contributed by atoms with van der Waals surface area (Å²) in [6.07, 6.45) is 10.7. The minimum atomic E-state index is 0.0623. The van der Waals surface area contributed by atoms with E-state index in [1.54, 1.807) is 24.5 Å². The van der Waals surface area contributed by atoms with E-state index in [1.807, 2.05) is 60.7 Å². The Hall–Kier alpha value is -3.34. The molecule has 4 aromatic rings. The van der Waals surface area contributed by atoms with Gasteiger partial charge in [0.2, 0.25) is 0 Å². The van der Waals surface area contributed by atoms with Crippen LogP contribution >= 0.6 is 0 Å². The van der Waals surface area contributed by atoms with Crippen molar-refractivity contribution in [2.75, 3.05) is 13.2 Å². The second kappa shape index (κ2) is 10.1. The molecule has 0 saturated carbocycles. The van der Waals surface area contributed by atoms with Crippen molar-refractivity contribution < 1.29 is 10.2 Å². The summed E-state index contributed by atoms with van der Waals surface area (Å²) in [5, 5.41) is 19.5. The molecule has 0 aliphatic carbocycles. The molecule has 2 aromatic carbocycles. The van der Waals surface area contributed by atoms with Crippen LogP contribution in [0.2, 0.25) is 0 Å². The molecule has 2 heterocycles. The molecule has 0 aliphatic rings. The minimum Gasteiger partial charge on any atom is -0.392 e. The Morgan fingerprint density at radius 3 is 1.50 bits per heavy atom. The predicted octanol–water partition coefficient (Wildman–Crippen LogP) is 4.48. The number of benzene rings is 2. The third-order valence-electron chi connectivity index (χ3n) is 4.05. The highest BCUT2D eigenvalue weighted by atomic mass is 16.3. The number of hydrogen-bond donors (Lipinski definition) is 2. The molecule has 28 heavy (non-hydrogen) atoms. The van der Waals surface area contributed by atoms with Crippen LogP contribution < -0.4 is 0 Å². The number of para-hydroxylation sites is 2. The van der Waals surface area contributed by atoms with Crippen LogP contribution in [-0.4, -0.2) is 33.4 Å². The lowest BCUT2D eigenvalue weighted by Gasteiger charge is -1.97. The first-order chi connectivity index (χ1) is 13.8. The van der Waals surface area contributed by atoms with Crippen LogP contribution in [0.15, 0.2) is 85.2 Å². The lowest BCUT2D eigenvalue weighted by Crippen LogP contribution is -1.80. The van der Waals surface area contributed by atoms with Crippen LogP contribution in [-0.2, 0) is 0 Å². The van der Waals surface area contributed by atoms with E-state index in [0.29, 0.717) is 0 Å². The molecule has 4 heteroatoms. The molecule has 0 spiro atoms. The highest BCUT2D eigenvalue weighted by Crippen LogP contribution is 2.14. The van der Waals surface area contributed by atoms with Crippen LogP contribution in [0.5, 0.6) is 0 Å². The monoisotopic (exact) mass is 370 g/mol. The molecule has 4 rings (SSSR count). The van der Waals surface area contributed by atoms with E-state index in [1.165, 1.54) is 0 Å². The summed E-state index contributed by atoms with van der Waals surface area (Å²) in [4.78, 5) is 8.60. The van der Waals surface area contributed by atoms with Gasteiger partial charge in [-0.15, -0.1) is 0 Å². The molecular weight excluding hydrogens is 348 g/mol. The normalized spacial score (nSPS) is 11.2. The van der Waals surface area contributed by atoms with Crippen LogP contribution in [0.4, 0.5) is 0 Å². The van der Waals surface area contributed by atoms with Crippen molar-refractivity contribution in [3.63, 3.8) is 0 Å². The Bertz CT molecular complexity index is 1010. The second-order valence-corrected chi connectivity index (χ2v) is 6.09. The number of hydrogen-bond acceptors (Lipinski definition) is 4. The largest absolute Gasteiger partial charge is 0.392 e. The third-order valence-corrected chi connectivity index (χ3v) is 4.05. The number of aliphatic hydroxyl groups is 2. The van der Waals surface area contributed by atoms with Gasteiger partial charge in [-0.05, 0) is 35.4 Å². The summed E-state index contributed by atoms with van der Waals surface area (Å²) < 4.78 is 0. The molecule has 0 radical (unpaired) electrons. The lowest BCUT2D eigenvalue weighted by molar-refractivity contribution is 0.343. The molecule has 0 amide bonds. The Balaban J connectivity index is 0.000000161. The number of fused-ring (bicyclic) bond motifs is 2. The fourth-order valence-corrected chi connectivity index (χ4v) is 2.74. The number of aromatic nitrogens is 2. The molecular formula is C24H22N2O2. The molecule has 0 bridgehead atoms. The van der Waals surface area contributed by atoms with Crippen molar-refractivity contribution in [2.45, 2.75) is 0 Å². The number of aliphatic hydroxyl groups excluding tert-OH is 2. The maximum Gasteiger partial charge on any atom is 0.0702 e. The Morgan fingerprint density at radius 2 is 1.07 bits per heavy atom. The van der Waals surface area contributed by atoms with Gasteiger partial charge in [-0.3, -0.25) is 9.97 Å². The topological polar surface area (TPSA) is 66.2 Å². The van der Waals surface area contributed by atoms with Gasteiger partial charge in [0.15, 0.2) is 0 Å². The van der Waals surface area contributed by atoms with Crippen LogP contribution in [0.1, 0.15) is 11.1 Å². The van der Waals surface area contributed by atoms with Crippen LogP contribution in [0.25, 0.3) is 34.0 Å². The van der Waals surface area contributed by atoms with E-state index in [9.17, 15) is 0 Å². The van der Waals surface area contributed by atoms with Gasteiger partial charge in [0.05, 0.1) is 24.2 Å². The number of pyridine rings is 2. The van der Waals surface area contributed by atoms with Gasteiger partial charge < -0.3 is 10.2 Å². The summed E-state index contributed by atoms with van der Waals surface area (Å²) in [7, 11) is 0. The van der Waals surface area contributed by atoms with Crippen LogP contribution in [0.3, 0.4) is 0 Å². The lowest BCUT2D eigenvalue weighted by atomic mass is 10.1. The molecule has 0 saturated heterocycles. The SMILES string of the molecule is OC/C=C/c1cnc2ccccc2c1.OC/C=C/c1cnc2ccccc2c1. The predicted molar refractivity (Wildman–Crippen MR) is 116 cm³/mol. The Kier molecular flexibility index (Phi) is 7.01. The van der Waals surface area contributed by atoms with Gasteiger partial charge in [-0.1, -0.05) is 60.7 Å². The third kappa shape index (κ3) is 5.33. The summed E-state index contributed by atoms with van der Waals surface area (Å²) in [6.45, 7) is 0.125.